The van der Waals surface area contributed by atoms with Crippen LogP contribution in [0.25, 0.3) is 0 Å². The Morgan fingerprint density at radius 1 is 1.24 bits per heavy atom. The first-order chi connectivity index (χ1) is 10.1. The first-order valence-corrected chi connectivity index (χ1v) is 7.39. The number of rotatable bonds is 5. The minimum Gasteiger partial charge on any atom is -0.384 e. The molecule has 7 heteroatoms. The molecule has 0 aliphatic rings. The Kier molecular flexibility index (Phi) is 5.21. The number of aromatic nitrogens is 3. The van der Waals surface area contributed by atoms with E-state index >= 15 is 0 Å². The van der Waals surface area contributed by atoms with Crippen LogP contribution in [-0.2, 0) is 0 Å². The molecule has 0 unspecified atom stereocenters. The molecule has 0 fully saturated rings. The van der Waals surface area contributed by atoms with Crippen molar-refractivity contribution >= 4 is 33.3 Å². The van der Waals surface area contributed by atoms with Crippen LogP contribution in [0.4, 0.5) is 11.5 Å². The summed E-state index contributed by atoms with van der Waals surface area (Å²) in [5, 5.41) is 5.94. The molecule has 1 amide bonds. The molecule has 0 radical (unpaired) electrons. The van der Waals surface area contributed by atoms with Crippen molar-refractivity contribution in [2.75, 3.05) is 17.2 Å². The molecule has 2 rings (SSSR count). The van der Waals surface area contributed by atoms with E-state index in [-0.39, 0.29) is 5.91 Å². The number of nitrogens with one attached hydrogen (secondary N) is 2. The minimum absolute atomic E-state index is 0.266. The van der Waals surface area contributed by atoms with Crippen molar-refractivity contribution in [2.24, 2.45) is 0 Å². The summed E-state index contributed by atoms with van der Waals surface area (Å²) < 4.78 is 0.614. The predicted octanol–water partition coefficient (Wildman–Crippen LogP) is 3.02. The zero-order chi connectivity index (χ0) is 15.2. The van der Waals surface area contributed by atoms with Crippen LogP contribution in [0.5, 0.6) is 0 Å². The quantitative estimate of drug-likeness (QED) is 0.867. The molecular weight excluding hydrogens is 334 g/mol. The molecule has 0 aliphatic heterocycles. The first-order valence-electron chi connectivity index (χ1n) is 6.59. The van der Waals surface area contributed by atoms with Gasteiger partial charge in [-0.2, -0.15) is 0 Å². The smallest absolute Gasteiger partial charge is 0.260 e. The average molecular weight is 350 g/mol. The molecule has 0 aliphatic carbocycles. The summed E-state index contributed by atoms with van der Waals surface area (Å²) in [6, 6.07) is 1.86. The highest BCUT2D eigenvalue weighted by Gasteiger charge is 2.13. The van der Waals surface area contributed by atoms with E-state index in [2.05, 4.69) is 48.4 Å². The third-order valence-corrected chi connectivity index (χ3v) is 3.12. The molecule has 0 atom stereocenters. The van der Waals surface area contributed by atoms with E-state index in [9.17, 15) is 4.79 Å². The zero-order valence-corrected chi connectivity index (χ0v) is 13.4. The summed E-state index contributed by atoms with van der Waals surface area (Å²) in [6.45, 7) is 4.75. The van der Waals surface area contributed by atoms with Crippen LogP contribution in [0.3, 0.4) is 0 Å². The number of pyridine rings is 1. The molecular formula is C14H16BrN5O. The molecule has 21 heavy (non-hydrogen) atoms. The van der Waals surface area contributed by atoms with Gasteiger partial charge in [-0.25, -0.2) is 9.97 Å². The summed E-state index contributed by atoms with van der Waals surface area (Å²) in [4.78, 5) is 24.6. The van der Waals surface area contributed by atoms with E-state index in [0.717, 1.165) is 24.3 Å². The highest BCUT2D eigenvalue weighted by Crippen LogP contribution is 2.17. The Morgan fingerprint density at radius 3 is 2.71 bits per heavy atom. The molecule has 0 saturated heterocycles. The summed E-state index contributed by atoms with van der Waals surface area (Å²) in [7, 11) is 0. The van der Waals surface area contributed by atoms with Crippen molar-refractivity contribution in [2.45, 2.75) is 20.3 Å². The third kappa shape index (κ3) is 4.22. The average Bonchev–Trinajstić information content (AvgIpc) is 2.47. The fraction of sp³-hybridized carbons (Fsp3) is 0.286. The number of anilines is 2. The molecule has 6 nitrogen and oxygen atoms in total. The highest BCUT2D eigenvalue weighted by molar-refractivity contribution is 9.10. The normalized spacial score (nSPS) is 10.2. The van der Waals surface area contributed by atoms with Gasteiger partial charge in [0, 0.05) is 18.4 Å². The molecule has 0 spiro atoms. The number of amides is 1. The summed E-state index contributed by atoms with van der Waals surface area (Å²) >= 11 is 3.20. The van der Waals surface area contributed by atoms with Crippen molar-refractivity contribution in [3.05, 3.63) is 40.5 Å². The van der Waals surface area contributed by atoms with Crippen molar-refractivity contribution in [1.29, 1.82) is 0 Å². The lowest BCUT2D eigenvalue weighted by Crippen LogP contribution is -2.16. The Hall–Kier alpha value is -2.02. The standard InChI is InChI=1S/C14H16BrN5O/c1-3-4-16-11-5-9(2)17-6-10(11)14(21)20-13-8-18-12(15)7-19-13/h5-8H,3-4H2,1-2H3,(H,16,17)(H,19,20,21). The lowest BCUT2D eigenvalue weighted by molar-refractivity contribution is 0.102. The molecule has 2 N–H and O–H groups in total. The van der Waals surface area contributed by atoms with Gasteiger partial charge in [0.2, 0.25) is 0 Å². The van der Waals surface area contributed by atoms with E-state index in [1.54, 1.807) is 6.20 Å². The number of carbonyl (C=O) groups is 1. The number of carbonyl (C=O) groups excluding carboxylic acids is 1. The van der Waals surface area contributed by atoms with Crippen LogP contribution < -0.4 is 10.6 Å². The molecule has 110 valence electrons. The van der Waals surface area contributed by atoms with Gasteiger partial charge in [-0.3, -0.25) is 9.78 Å². The molecule has 2 heterocycles. The lowest BCUT2D eigenvalue weighted by Gasteiger charge is -2.11. The van der Waals surface area contributed by atoms with Gasteiger partial charge in [-0.05, 0) is 35.3 Å². The maximum atomic E-state index is 12.3. The summed E-state index contributed by atoms with van der Waals surface area (Å²) in [6.07, 6.45) is 5.55. The van der Waals surface area contributed by atoms with E-state index in [4.69, 9.17) is 0 Å². The van der Waals surface area contributed by atoms with Crippen LogP contribution in [0, 0.1) is 6.92 Å². The summed E-state index contributed by atoms with van der Waals surface area (Å²) in [5.41, 5.74) is 2.11. The van der Waals surface area contributed by atoms with Gasteiger partial charge in [0.1, 0.15) is 4.60 Å². The highest BCUT2D eigenvalue weighted by atomic mass is 79.9. The van der Waals surface area contributed by atoms with Gasteiger partial charge in [0.15, 0.2) is 5.82 Å². The number of nitrogens with zero attached hydrogens (tertiary/aromatic N) is 3. The zero-order valence-electron chi connectivity index (χ0n) is 11.9. The van der Waals surface area contributed by atoms with Crippen LogP contribution in [0.15, 0.2) is 29.3 Å². The topological polar surface area (TPSA) is 79.8 Å². The second-order valence-electron chi connectivity index (χ2n) is 4.48. The molecule has 2 aromatic rings. The van der Waals surface area contributed by atoms with Crippen molar-refractivity contribution < 1.29 is 4.79 Å². The number of halogens is 1. The number of aryl methyl sites for hydroxylation is 1. The van der Waals surface area contributed by atoms with Gasteiger partial charge in [-0.15, -0.1) is 0 Å². The van der Waals surface area contributed by atoms with Gasteiger partial charge >= 0.3 is 0 Å². The second-order valence-corrected chi connectivity index (χ2v) is 5.29. The second kappa shape index (κ2) is 7.12. The fourth-order valence-corrected chi connectivity index (χ4v) is 1.91. The summed E-state index contributed by atoms with van der Waals surface area (Å²) in [5.74, 6) is 0.128. The Balaban J connectivity index is 2.19. The van der Waals surface area contributed by atoms with Gasteiger partial charge in [0.05, 0.1) is 23.6 Å². The predicted molar refractivity (Wildman–Crippen MR) is 85.4 cm³/mol. The van der Waals surface area contributed by atoms with Crippen LogP contribution in [0.2, 0.25) is 0 Å². The van der Waals surface area contributed by atoms with Crippen LogP contribution in [0.1, 0.15) is 29.4 Å². The lowest BCUT2D eigenvalue weighted by atomic mass is 10.2. The molecule has 0 saturated carbocycles. The largest absolute Gasteiger partial charge is 0.384 e. The van der Waals surface area contributed by atoms with Crippen molar-refractivity contribution in [3.8, 4) is 0 Å². The van der Waals surface area contributed by atoms with Gasteiger partial charge < -0.3 is 10.6 Å². The van der Waals surface area contributed by atoms with Gasteiger partial charge in [-0.1, -0.05) is 6.92 Å². The van der Waals surface area contributed by atoms with E-state index in [1.165, 1.54) is 12.4 Å². The number of hydrogen-bond donors (Lipinski definition) is 2. The maximum absolute atomic E-state index is 12.3. The Morgan fingerprint density at radius 2 is 2.05 bits per heavy atom. The minimum atomic E-state index is -0.266. The van der Waals surface area contributed by atoms with Gasteiger partial charge in [0.25, 0.3) is 5.91 Å². The number of hydrogen-bond acceptors (Lipinski definition) is 5. The van der Waals surface area contributed by atoms with Crippen molar-refractivity contribution in [1.82, 2.24) is 15.0 Å². The Bertz CT molecular complexity index is 630. The molecule has 2 aromatic heterocycles. The Labute approximate surface area is 131 Å². The third-order valence-electron chi connectivity index (χ3n) is 2.71. The van der Waals surface area contributed by atoms with E-state index in [0.29, 0.717) is 16.0 Å². The van der Waals surface area contributed by atoms with Crippen LogP contribution in [-0.4, -0.2) is 27.4 Å². The van der Waals surface area contributed by atoms with E-state index < -0.39 is 0 Å². The van der Waals surface area contributed by atoms with Crippen LogP contribution >= 0.6 is 15.9 Å². The fourth-order valence-electron chi connectivity index (χ4n) is 1.71. The SMILES string of the molecule is CCCNc1cc(C)ncc1C(=O)Nc1cnc(Br)cn1. The van der Waals surface area contributed by atoms with Crippen molar-refractivity contribution in [3.63, 3.8) is 0 Å². The molecule has 0 aromatic carbocycles. The monoisotopic (exact) mass is 349 g/mol. The maximum Gasteiger partial charge on any atom is 0.260 e. The molecule has 0 bridgehead atoms. The van der Waals surface area contributed by atoms with E-state index in [1.807, 2.05) is 13.0 Å². The first kappa shape index (κ1) is 15.4.